The molecule has 0 unspecified atom stereocenters. The number of hydrogen-bond donors (Lipinski definition) is 2. The van der Waals surface area contributed by atoms with Crippen LogP contribution in [-0.2, 0) is 0 Å². The molecule has 0 bridgehead atoms. The Bertz CT molecular complexity index is 454. The van der Waals surface area contributed by atoms with Gasteiger partial charge in [-0.3, -0.25) is 4.79 Å². The highest BCUT2D eigenvalue weighted by molar-refractivity contribution is 5.98. The third kappa shape index (κ3) is 3.91. The van der Waals surface area contributed by atoms with Gasteiger partial charge >= 0.3 is 0 Å². The summed E-state index contributed by atoms with van der Waals surface area (Å²) in [5, 5.41) is 2.77. The van der Waals surface area contributed by atoms with Crippen molar-refractivity contribution in [2.75, 3.05) is 27.9 Å². The largest absolute Gasteiger partial charge is 0.493 e. The maximum atomic E-state index is 12.1. The fourth-order valence-electron chi connectivity index (χ4n) is 1.64. The fraction of sp³-hybridized carbons (Fsp3) is 0.462. The van der Waals surface area contributed by atoms with Gasteiger partial charge in [0.1, 0.15) is 0 Å². The van der Waals surface area contributed by atoms with Crippen molar-refractivity contribution in [3.8, 4) is 17.2 Å². The molecule has 0 heterocycles. The van der Waals surface area contributed by atoms with Crippen LogP contribution < -0.4 is 25.3 Å². The molecule has 0 fully saturated rings. The third-order valence-corrected chi connectivity index (χ3v) is 2.68. The molecule has 1 amide bonds. The Hall–Kier alpha value is -1.66. The Kier molecular flexibility index (Phi) is 7.79. The van der Waals surface area contributed by atoms with Crippen LogP contribution in [0.1, 0.15) is 17.3 Å². The molecule has 1 atom stereocenters. The van der Waals surface area contributed by atoms with E-state index < -0.39 is 0 Å². The minimum Gasteiger partial charge on any atom is -0.493 e. The van der Waals surface area contributed by atoms with Crippen molar-refractivity contribution in [2.24, 2.45) is 5.73 Å². The predicted molar refractivity (Wildman–Crippen MR) is 79.3 cm³/mol. The van der Waals surface area contributed by atoms with E-state index in [9.17, 15) is 4.79 Å². The van der Waals surface area contributed by atoms with Crippen molar-refractivity contribution < 1.29 is 19.0 Å². The lowest BCUT2D eigenvalue weighted by molar-refractivity contribution is 0.0937. The van der Waals surface area contributed by atoms with Gasteiger partial charge in [0.2, 0.25) is 5.75 Å². The first-order valence-corrected chi connectivity index (χ1v) is 5.88. The maximum Gasteiger partial charge on any atom is 0.255 e. The number of hydrogen-bond acceptors (Lipinski definition) is 5. The average Bonchev–Trinajstić information content (AvgIpc) is 2.44. The molecule has 114 valence electrons. The highest BCUT2D eigenvalue weighted by Gasteiger charge is 2.21. The molecule has 0 spiro atoms. The third-order valence-electron chi connectivity index (χ3n) is 2.68. The quantitative estimate of drug-likeness (QED) is 0.825. The molecule has 0 saturated carbocycles. The number of methoxy groups -OCH3 is 3. The molecule has 1 aromatic carbocycles. The highest BCUT2D eigenvalue weighted by Crippen LogP contribution is 2.39. The SMILES string of the molecule is COc1ccc(C(=O)N[C@@H](C)CN)c(OC)c1OC.Cl. The minimum absolute atomic E-state index is 0. The van der Waals surface area contributed by atoms with Gasteiger partial charge in [0.15, 0.2) is 11.5 Å². The zero-order chi connectivity index (χ0) is 14.4. The second-order valence-electron chi connectivity index (χ2n) is 3.99. The number of ether oxygens (including phenoxy) is 3. The number of nitrogens with two attached hydrogens (primary N) is 1. The summed E-state index contributed by atoms with van der Waals surface area (Å²) >= 11 is 0. The second kappa shape index (κ2) is 8.50. The van der Waals surface area contributed by atoms with Crippen molar-refractivity contribution in [2.45, 2.75) is 13.0 Å². The smallest absolute Gasteiger partial charge is 0.255 e. The van der Waals surface area contributed by atoms with Crippen molar-refractivity contribution in [3.63, 3.8) is 0 Å². The van der Waals surface area contributed by atoms with E-state index in [2.05, 4.69) is 5.32 Å². The first-order chi connectivity index (χ1) is 9.08. The Labute approximate surface area is 125 Å². The van der Waals surface area contributed by atoms with E-state index in [0.29, 0.717) is 29.4 Å². The topological polar surface area (TPSA) is 82.8 Å². The molecule has 1 aromatic rings. The number of nitrogens with one attached hydrogen (secondary N) is 1. The maximum absolute atomic E-state index is 12.1. The van der Waals surface area contributed by atoms with E-state index in [1.807, 2.05) is 6.92 Å². The van der Waals surface area contributed by atoms with Crippen LogP contribution in [0.2, 0.25) is 0 Å². The van der Waals surface area contributed by atoms with Gasteiger partial charge in [-0.25, -0.2) is 0 Å². The Morgan fingerprint density at radius 3 is 2.25 bits per heavy atom. The molecule has 7 heteroatoms. The van der Waals surface area contributed by atoms with Crippen molar-refractivity contribution >= 4 is 18.3 Å². The Morgan fingerprint density at radius 1 is 1.20 bits per heavy atom. The summed E-state index contributed by atoms with van der Waals surface area (Å²) in [6.07, 6.45) is 0. The van der Waals surface area contributed by atoms with Crippen LogP contribution in [0.3, 0.4) is 0 Å². The van der Waals surface area contributed by atoms with Crippen molar-refractivity contribution in [3.05, 3.63) is 17.7 Å². The molecule has 0 aromatic heterocycles. The number of rotatable bonds is 6. The molecular formula is C13H21ClN2O4. The van der Waals surface area contributed by atoms with Gasteiger partial charge in [-0.1, -0.05) is 0 Å². The number of halogens is 1. The minimum atomic E-state index is -0.268. The molecule has 0 aliphatic heterocycles. The van der Waals surface area contributed by atoms with Crippen LogP contribution in [0.4, 0.5) is 0 Å². The molecule has 0 aliphatic carbocycles. The highest BCUT2D eigenvalue weighted by atomic mass is 35.5. The van der Waals surface area contributed by atoms with E-state index in [1.165, 1.54) is 21.3 Å². The van der Waals surface area contributed by atoms with Crippen molar-refractivity contribution in [1.29, 1.82) is 0 Å². The molecule has 20 heavy (non-hydrogen) atoms. The van der Waals surface area contributed by atoms with Crippen LogP contribution in [0, 0.1) is 0 Å². The number of benzene rings is 1. The second-order valence-corrected chi connectivity index (χ2v) is 3.99. The molecule has 0 radical (unpaired) electrons. The molecule has 3 N–H and O–H groups in total. The van der Waals surface area contributed by atoms with Gasteiger partial charge in [-0.05, 0) is 19.1 Å². The van der Waals surface area contributed by atoms with Crippen LogP contribution in [-0.4, -0.2) is 39.8 Å². The first-order valence-electron chi connectivity index (χ1n) is 5.88. The van der Waals surface area contributed by atoms with Crippen LogP contribution >= 0.6 is 12.4 Å². The van der Waals surface area contributed by atoms with E-state index >= 15 is 0 Å². The Balaban J connectivity index is 0.00000361. The number of carbonyl (C=O) groups is 1. The predicted octanol–water partition coefficient (Wildman–Crippen LogP) is 1.21. The lowest BCUT2D eigenvalue weighted by Crippen LogP contribution is -2.37. The normalized spacial score (nSPS) is 11.1. The number of amides is 1. The van der Waals surface area contributed by atoms with Gasteiger partial charge < -0.3 is 25.3 Å². The summed E-state index contributed by atoms with van der Waals surface area (Å²) in [7, 11) is 4.48. The molecular weight excluding hydrogens is 284 g/mol. The summed E-state index contributed by atoms with van der Waals surface area (Å²) < 4.78 is 15.6. The van der Waals surface area contributed by atoms with Gasteiger partial charge in [0, 0.05) is 12.6 Å². The monoisotopic (exact) mass is 304 g/mol. The van der Waals surface area contributed by atoms with Crippen LogP contribution in [0.15, 0.2) is 12.1 Å². The molecule has 0 saturated heterocycles. The molecule has 1 rings (SSSR count). The van der Waals surface area contributed by atoms with Gasteiger partial charge in [0.05, 0.1) is 26.9 Å². The van der Waals surface area contributed by atoms with Crippen LogP contribution in [0.25, 0.3) is 0 Å². The van der Waals surface area contributed by atoms with Gasteiger partial charge in [0.25, 0.3) is 5.91 Å². The van der Waals surface area contributed by atoms with E-state index in [1.54, 1.807) is 12.1 Å². The van der Waals surface area contributed by atoms with Gasteiger partial charge in [-0.2, -0.15) is 0 Å². The summed E-state index contributed by atoms with van der Waals surface area (Å²) in [4.78, 5) is 12.1. The number of carbonyl (C=O) groups excluding carboxylic acids is 1. The zero-order valence-electron chi connectivity index (χ0n) is 12.1. The summed E-state index contributed by atoms with van der Waals surface area (Å²) in [5.74, 6) is 0.958. The lowest BCUT2D eigenvalue weighted by Gasteiger charge is -2.17. The summed E-state index contributed by atoms with van der Waals surface area (Å²) in [6, 6.07) is 3.16. The summed E-state index contributed by atoms with van der Waals surface area (Å²) in [5.41, 5.74) is 5.86. The first kappa shape index (κ1) is 18.3. The molecule has 0 aliphatic rings. The van der Waals surface area contributed by atoms with E-state index in [4.69, 9.17) is 19.9 Å². The fourth-order valence-corrected chi connectivity index (χ4v) is 1.64. The average molecular weight is 305 g/mol. The standard InChI is InChI=1S/C13H20N2O4.ClH/c1-8(7-14)15-13(16)9-5-6-10(17-2)12(19-4)11(9)18-3;/h5-6,8H,7,14H2,1-4H3,(H,15,16);1H/t8-;/m0./s1. The van der Waals surface area contributed by atoms with Crippen molar-refractivity contribution in [1.82, 2.24) is 5.32 Å². The van der Waals surface area contributed by atoms with E-state index in [-0.39, 0.29) is 24.4 Å². The molecule has 6 nitrogen and oxygen atoms in total. The van der Waals surface area contributed by atoms with Gasteiger partial charge in [-0.15, -0.1) is 12.4 Å². The zero-order valence-corrected chi connectivity index (χ0v) is 12.9. The Morgan fingerprint density at radius 2 is 1.80 bits per heavy atom. The van der Waals surface area contributed by atoms with E-state index in [0.717, 1.165) is 0 Å². The lowest BCUT2D eigenvalue weighted by atomic mass is 10.1. The van der Waals surface area contributed by atoms with Crippen LogP contribution in [0.5, 0.6) is 17.2 Å². The summed E-state index contributed by atoms with van der Waals surface area (Å²) in [6.45, 7) is 2.19.